The SMILES string of the molecule is CN(Cc1cccc(-c2nn[nH]n2)c1)c1nccc(N2CCC[C@H](O)C2)n1. The topological polar surface area (TPSA) is 107 Å². The Kier molecular flexibility index (Phi) is 4.93. The first-order valence-electron chi connectivity index (χ1n) is 8.99. The molecule has 0 bridgehead atoms. The fraction of sp³-hybridized carbons (Fsp3) is 0.389. The first-order valence-corrected chi connectivity index (χ1v) is 8.99. The zero-order valence-electron chi connectivity index (χ0n) is 15.2. The van der Waals surface area contributed by atoms with Crippen LogP contribution < -0.4 is 9.80 Å². The van der Waals surface area contributed by atoms with Crippen molar-refractivity contribution in [2.45, 2.75) is 25.5 Å². The quantitative estimate of drug-likeness (QED) is 0.695. The summed E-state index contributed by atoms with van der Waals surface area (Å²) in [6.07, 6.45) is 3.30. The van der Waals surface area contributed by atoms with Crippen molar-refractivity contribution in [2.75, 3.05) is 29.9 Å². The lowest BCUT2D eigenvalue weighted by Gasteiger charge is -2.31. The number of anilines is 2. The summed E-state index contributed by atoms with van der Waals surface area (Å²) in [5.74, 6) is 2.07. The largest absolute Gasteiger partial charge is 0.391 e. The first-order chi connectivity index (χ1) is 13.2. The number of benzene rings is 1. The van der Waals surface area contributed by atoms with Gasteiger partial charge in [0, 0.05) is 38.4 Å². The Morgan fingerprint density at radius 2 is 2.26 bits per heavy atom. The molecule has 0 saturated carbocycles. The highest BCUT2D eigenvalue weighted by Crippen LogP contribution is 2.21. The number of β-amino-alcohol motifs (C(OH)–C–C–N with tert-alkyl or cyclic N) is 1. The molecule has 1 aliphatic heterocycles. The number of aromatic amines is 1. The maximum absolute atomic E-state index is 9.91. The predicted molar refractivity (Wildman–Crippen MR) is 101 cm³/mol. The molecule has 0 aliphatic carbocycles. The molecular weight excluding hydrogens is 344 g/mol. The number of aliphatic hydroxyl groups is 1. The molecule has 2 N–H and O–H groups in total. The van der Waals surface area contributed by atoms with Crippen LogP contribution in [0.3, 0.4) is 0 Å². The maximum Gasteiger partial charge on any atom is 0.227 e. The van der Waals surface area contributed by atoms with E-state index >= 15 is 0 Å². The van der Waals surface area contributed by atoms with Crippen LogP contribution in [0.15, 0.2) is 36.5 Å². The number of aliphatic hydroxyl groups excluding tert-OH is 1. The van der Waals surface area contributed by atoms with E-state index in [0.29, 0.717) is 24.9 Å². The van der Waals surface area contributed by atoms with E-state index in [-0.39, 0.29) is 6.10 Å². The third-order valence-electron chi connectivity index (χ3n) is 4.64. The van der Waals surface area contributed by atoms with Crippen LogP contribution in [-0.2, 0) is 6.54 Å². The molecule has 0 spiro atoms. The molecule has 0 radical (unpaired) electrons. The van der Waals surface area contributed by atoms with Crippen LogP contribution >= 0.6 is 0 Å². The molecule has 0 unspecified atom stereocenters. The molecule has 3 aromatic rings. The molecule has 2 aromatic heterocycles. The first kappa shape index (κ1) is 17.3. The van der Waals surface area contributed by atoms with Crippen molar-refractivity contribution in [3.05, 3.63) is 42.1 Å². The Bertz CT molecular complexity index is 885. The Hall–Kier alpha value is -3.07. The van der Waals surface area contributed by atoms with Crippen molar-refractivity contribution in [3.8, 4) is 11.4 Å². The molecule has 3 heterocycles. The highest BCUT2D eigenvalue weighted by molar-refractivity contribution is 5.55. The monoisotopic (exact) mass is 366 g/mol. The van der Waals surface area contributed by atoms with E-state index in [1.807, 2.05) is 42.3 Å². The minimum Gasteiger partial charge on any atom is -0.391 e. The summed E-state index contributed by atoms with van der Waals surface area (Å²) in [6, 6.07) is 9.90. The Morgan fingerprint density at radius 1 is 1.33 bits per heavy atom. The van der Waals surface area contributed by atoms with Crippen LogP contribution in [0.4, 0.5) is 11.8 Å². The summed E-state index contributed by atoms with van der Waals surface area (Å²) >= 11 is 0. The summed E-state index contributed by atoms with van der Waals surface area (Å²) in [6.45, 7) is 2.18. The lowest BCUT2D eigenvalue weighted by atomic mass is 10.1. The van der Waals surface area contributed by atoms with E-state index in [1.54, 1.807) is 6.20 Å². The summed E-state index contributed by atoms with van der Waals surface area (Å²) in [4.78, 5) is 13.2. The Labute approximate surface area is 157 Å². The lowest BCUT2D eigenvalue weighted by Crippen LogP contribution is -2.38. The second-order valence-corrected chi connectivity index (χ2v) is 6.75. The second kappa shape index (κ2) is 7.67. The van der Waals surface area contributed by atoms with Crippen molar-refractivity contribution >= 4 is 11.8 Å². The smallest absolute Gasteiger partial charge is 0.227 e. The number of hydrogen-bond acceptors (Lipinski definition) is 8. The molecule has 9 heteroatoms. The fourth-order valence-electron chi connectivity index (χ4n) is 3.30. The van der Waals surface area contributed by atoms with Crippen molar-refractivity contribution < 1.29 is 5.11 Å². The van der Waals surface area contributed by atoms with Gasteiger partial charge in [0.25, 0.3) is 0 Å². The van der Waals surface area contributed by atoms with E-state index in [9.17, 15) is 5.11 Å². The standard InChI is InChI=1S/C18H22N8O/c1-25(11-13-4-2-5-14(10-13)17-21-23-24-22-17)18-19-8-7-16(20-18)26-9-3-6-15(27)12-26/h2,4-5,7-8,10,15,27H,3,6,9,11-12H2,1H3,(H,21,22,23,24)/t15-/m0/s1. The fourth-order valence-corrected chi connectivity index (χ4v) is 3.30. The number of tetrazole rings is 1. The van der Waals surface area contributed by atoms with Crippen molar-refractivity contribution in [1.82, 2.24) is 30.6 Å². The van der Waals surface area contributed by atoms with Gasteiger partial charge in [-0.2, -0.15) is 10.2 Å². The zero-order chi connectivity index (χ0) is 18.6. The van der Waals surface area contributed by atoms with Gasteiger partial charge in [-0.1, -0.05) is 18.2 Å². The molecule has 27 heavy (non-hydrogen) atoms. The average Bonchev–Trinajstić information content (AvgIpc) is 3.23. The molecule has 0 amide bonds. The summed E-state index contributed by atoms with van der Waals surface area (Å²) in [5, 5.41) is 24.0. The molecule has 1 aliphatic rings. The number of piperidine rings is 1. The predicted octanol–water partition coefficient (Wildman–Crippen LogP) is 1.25. The number of H-pyrrole nitrogens is 1. The third kappa shape index (κ3) is 4.03. The molecule has 9 nitrogen and oxygen atoms in total. The third-order valence-corrected chi connectivity index (χ3v) is 4.64. The lowest BCUT2D eigenvalue weighted by molar-refractivity contribution is 0.154. The highest BCUT2D eigenvalue weighted by atomic mass is 16.3. The number of hydrogen-bond donors (Lipinski definition) is 2. The Morgan fingerprint density at radius 3 is 3.07 bits per heavy atom. The van der Waals surface area contributed by atoms with Gasteiger partial charge in [-0.3, -0.25) is 0 Å². The van der Waals surface area contributed by atoms with Gasteiger partial charge in [0.15, 0.2) is 0 Å². The van der Waals surface area contributed by atoms with Gasteiger partial charge < -0.3 is 14.9 Å². The van der Waals surface area contributed by atoms with Crippen LogP contribution in [0, 0.1) is 0 Å². The summed E-state index contributed by atoms with van der Waals surface area (Å²) in [5.41, 5.74) is 2.01. The van der Waals surface area contributed by atoms with Crippen LogP contribution in [-0.4, -0.2) is 61.9 Å². The van der Waals surface area contributed by atoms with E-state index < -0.39 is 0 Å². The summed E-state index contributed by atoms with van der Waals surface area (Å²) < 4.78 is 0. The van der Waals surface area contributed by atoms with Crippen LogP contribution in [0.1, 0.15) is 18.4 Å². The van der Waals surface area contributed by atoms with Crippen molar-refractivity contribution in [3.63, 3.8) is 0 Å². The van der Waals surface area contributed by atoms with Gasteiger partial charge in [-0.25, -0.2) is 4.98 Å². The molecule has 1 atom stereocenters. The number of rotatable bonds is 5. The highest BCUT2D eigenvalue weighted by Gasteiger charge is 2.19. The molecular formula is C18H22N8O. The average molecular weight is 366 g/mol. The van der Waals surface area contributed by atoms with Crippen molar-refractivity contribution in [1.29, 1.82) is 0 Å². The maximum atomic E-state index is 9.91. The van der Waals surface area contributed by atoms with Crippen LogP contribution in [0.5, 0.6) is 0 Å². The van der Waals surface area contributed by atoms with E-state index in [1.165, 1.54) is 0 Å². The summed E-state index contributed by atoms with van der Waals surface area (Å²) in [7, 11) is 1.96. The van der Waals surface area contributed by atoms with Gasteiger partial charge >= 0.3 is 0 Å². The van der Waals surface area contributed by atoms with Gasteiger partial charge in [0.1, 0.15) is 5.82 Å². The van der Waals surface area contributed by atoms with E-state index in [4.69, 9.17) is 0 Å². The minimum absolute atomic E-state index is 0.289. The second-order valence-electron chi connectivity index (χ2n) is 6.75. The number of nitrogens with one attached hydrogen (secondary N) is 1. The molecule has 1 fully saturated rings. The number of aromatic nitrogens is 6. The molecule has 1 saturated heterocycles. The zero-order valence-corrected chi connectivity index (χ0v) is 15.2. The Balaban J connectivity index is 1.49. The van der Waals surface area contributed by atoms with Gasteiger partial charge in [-0.05, 0) is 35.8 Å². The van der Waals surface area contributed by atoms with E-state index in [0.717, 1.165) is 36.3 Å². The number of nitrogens with zero attached hydrogens (tertiary/aromatic N) is 7. The van der Waals surface area contributed by atoms with Gasteiger partial charge in [0.2, 0.25) is 11.8 Å². The molecule has 1 aromatic carbocycles. The molecule has 4 rings (SSSR count). The molecule has 140 valence electrons. The van der Waals surface area contributed by atoms with Gasteiger partial charge in [-0.15, -0.1) is 10.2 Å². The minimum atomic E-state index is -0.289. The van der Waals surface area contributed by atoms with E-state index in [2.05, 4.69) is 35.5 Å². The van der Waals surface area contributed by atoms with Crippen LogP contribution in [0.2, 0.25) is 0 Å². The van der Waals surface area contributed by atoms with Crippen LogP contribution in [0.25, 0.3) is 11.4 Å². The normalized spacial score (nSPS) is 17.1. The van der Waals surface area contributed by atoms with Gasteiger partial charge in [0.05, 0.1) is 6.10 Å². The van der Waals surface area contributed by atoms with Crippen molar-refractivity contribution in [2.24, 2.45) is 0 Å².